The van der Waals surface area contributed by atoms with E-state index in [2.05, 4.69) is 243 Å². The first-order valence-corrected chi connectivity index (χ1v) is 20.7. The minimum Gasteiger partial charge on any atom is -0.310 e. The maximum atomic E-state index is 2.49. The average Bonchev–Trinajstić information content (AvgIpc) is 3.73. The Morgan fingerprint density at radius 1 is 0.305 bits per heavy atom. The Bertz CT molecular complexity index is 2960. The molecule has 59 heavy (non-hydrogen) atoms. The van der Waals surface area contributed by atoms with Crippen molar-refractivity contribution in [1.82, 2.24) is 0 Å². The van der Waals surface area contributed by atoms with Gasteiger partial charge in [-0.15, -0.1) is 0 Å². The summed E-state index contributed by atoms with van der Waals surface area (Å²) in [5, 5.41) is 0. The third-order valence-electron chi connectivity index (χ3n) is 13.0. The fraction of sp³-hybridized carbons (Fsp3) is 0.0690. The maximum Gasteiger partial charge on any atom is 0.0713 e. The Morgan fingerprint density at radius 3 is 1.44 bits per heavy atom. The monoisotopic (exact) mass is 753 g/mol. The first-order chi connectivity index (χ1) is 29.0. The van der Waals surface area contributed by atoms with Gasteiger partial charge in [-0.1, -0.05) is 208 Å². The molecule has 2 aliphatic carbocycles. The molecule has 0 bridgehead atoms. The smallest absolute Gasteiger partial charge is 0.0713 e. The van der Waals surface area contributed by atoms with Crippen LogP contribution in [0.5, 0.6) is 0 Å². The summed E-state index contributed by atoms with van der Waals surface area (Å²) in [7, 11) is 0. The molecule has 2 aliphatic rings. The van der Waals surface area contributed by atoms with E-state index < -0.39 is 5.41 Å². The Hall–Kier alpha value is -7.22. The van der Waals surface area contributed by atoms with E-state index in [-0.39, 0.29) is 5.41 Å². The van der Waals surface area contributed by atoms with Crippen LogP contribution >= 0.6 is 0 Å². The molecule has 9 aromatic carbocycles. The van der Waals surface area contributed by atoms with Crippen molar-refractivity contribution in [2.24, 2.45) is 0 Å². The molecule has 0 aliphatic heterocycles. The van der Waals surface area contributed by atoms with Crippen LogP contribution in [-0.4, -0.2) is 0 Å². The van der Waals surface area contributed by atoms with E-state index in [9.17, 15) is 0 Å². The Morgan fingerprint density at radius 2 is 0.763 bits per heavy atom. The van der Waals surface area contributed by atoms with Gasteiger partial charge < -0.3 is 4.90 Å². The number of rotatable bonds is 7. The average molecular weight is 754 g/mol. The minimum absolute atomic E-state index is 0.137. The lowest BCUT2D eigenvalue weighted by molar-refractivity contribution is 0.660. The maximum absolute atomic E-state index is 2.49. The molecule has 0 spiro atoms. The molecule has 1 nitrogen and oxygen atoms in total. The zero-order valence-corrected chi connectivity index (χ0v) is 33.3. The Labute approximate surface area is 347 Å². The van der Waals surface area contributed by atoms with Crippen LogP contribution in [0.25, 0.3) is 44.5 Å². The largest absolute Gasteiger partial charge is 0.310 e. The van der Waals surface area contributed by atoms with Crippen molar-refractivity contribution in [2.75, 3.05) is 4.90 Å². The van der Waals surface area contributed by atoms with Crippen LogP contribution in [0.3, 0.4) is 0 Å². The fourth-order valence-corrected chi connectivity index (χ4v) is 10.2. The van der Waals surface area contributed by atoms with Gasteiger partial charge in [0.1, 0.15) is 0 Å². The number of para-hydroxylation sites is 1. The number of hydrogen-bond acceptors (Lipinski definition) is 1. The Kier molecular flexibility index (Phi) is 8.13. The van der Waals surface area contributed by atoms with Gasteiger partial charge in [0.05, 0.1) is 11.1 Å². The van der Waals surface area contributed by atoms with Crippen LogP contribution in [0.2, 0.25) is 0 Å². The molecule has 0 radical (unpaired) electrons. The third kappa shape index (κ3) is 5.39. The SMILES string of the molecule is CC1(C)c2ccccc2-c2ccc(N(c3ccc4c(c3)-c3ccccc3C4(c3ccccc3)c3ccccc3)c3ccccc3-c3ccc(-c4ccccc4)cc3)cc21. The quantitative estimate of drug-likeness (QED) is 0.157. The number of benzene rings is 9. The zero-order chi connectivity index (χ0) is 39.6. The summed E-state index contributed by atoms with van der Waals surface area (Å²) in [5.41, 5.74) is 20.7. The first kappa shape index (κ1) is 35.0. The van der Waals surface area contributed by atoms with Gasteiger partial charge >= 0.3 is 0 Å². The van der Waals surface area contributed by atoms with Crippen molar-refractivity contribution < 1.29 is 0 Å². The summed E-state index contributed by atoms with van der Waals surface area (Å²) >= 11 is 0. The summed E-state index contributed by atoms with van der Waals surface area (Å²) < 4.78 is 0. The van der Waals surface area contributed by atoms with Crippen molar-refractivity contribution >= 4 is 17.1 Å². The second-order valence-electron chi connectivity index (χ2n) is 16.5. The highest BCUT2D eigenvalue weighted by Gasteiger charge is 2.46. The minimum atomic E-state index is -0.459. The van der Waals surface area contributed by atoms with E-state index in [0.29, 0.717) is 0 Å². The lowest BCUT2D eigenvalue weighted by Crippen LogP contribution is -2.28. The van der Waals surface area contributed by atoms with Gasteiger partial charge in [-0.3, -0.25) is 0 Å². The van der Waals surface area contributed by atoms with Crippen LogP contribution < -0.4 is 4.90 Å². The predicted molar refractivity (Wildman–Crippen MR) is 247 cm³/mol. The lowest BCUT2D eigenvalue weighted by Gasteiger charge is -2.34. The second-order valence-corrected chi connectivity index (χ2v) is 16.5. The van der Waals surface area contributed by atoms with E-state index in [4.69, 9.17) is 0 Å². The van der Waals surface area contributed by atoms with Gasteiger partial charge in [0.2, 0.25) is 0 Å². The fourth-order valence-electron chi connectivity index (χ4n) is 10.2. The van der Waals surface area contributed by atoms with E-state index in [1.807, 2.05) is 0 Å². The van der Waals surface area contributed by atoms with E-state index >= 15 is 0 Å². The molecule has 0 N–H and O–H groups in total. The van der Waals surface area contributed by atoms with Gasteiger partial charge in [-0.25, -0.2) is 0 Å². The molecule has 0 fully saturated rings. The van der Waals surface area contributed by atoms with Gasteiger partial charge in [0.25, 0.3) is 0 Å². The van der Waals surface area contributed by atoms with Crippen molar-refractivity contribution in [3.63, 3.8) is 0 Å². The molecule has 9 aromatic rings. The van der Waals surface area contributed by atoms with Crippen LogP contribution in [-0.2, 0) is 10.8 Å². The first-order valence-electron chi connectivity index (χ1n) is 20.7. The van der Waals surface area contributed by atoms with E-state index in [1.54, 1.807) is 0 Å². The molecule has 0 unspecified atom stereocenters. The van der Waals surface area contributed by atoms with Crippen molar-refractivity contribution in [3.05, 3.63) is 258 Å². The molecule has 0 atom stereocenters. The summed E-state index contributed by atoms with van der Waals surface area (Å²) in [6.07, 6.45) is 0. The van der Waals surface area contributed by atoms with E-state index in [1.165, 1.54) is 77.9 Å². The highest BCUT2D eigenvalue weighted by Crippen LogP contribution is 2.58. The highest BCUT2D eigenvalue weighted by atomic mass is 15.1. The van der Waals surface area contributed by atoms with Gasteiger partial charge in [0.15, 0.2) is 0 Å². The summed E-state index contributed by atoms with van der Waals surface area (Å²) in [6, 6.07) is 83.0. The molecule has 1 heteroatoms. The van der Waals surface area contributed by atoms with Gasteiger partial charge in [0, 0.05) is 22.4 Å². The van der Waals surface area contributed by atoms with E-state index in [0.717, 1.165) is 17.1 Å². The molecule has 0 heterocycles. The van der Waals surface area contributed by atoms with Crippen LogP contribution in [0.15, 0.2) is 224 Å². The third-order valence-corrected chi connectivity index (χ3v) is 13.0. The molecule has 280 valence electrons. The molecule has 0 aromatic heterocycles. The molecule has 0 amide bonds. The van der Waals surface area contributed by atoms with Crippen molar-refractivity contribution in [2.45, 2.75) is 24.7 Å². The number of fused-ring (bicyclic) bond motifs is 6. The molecule has 0 saturated carbocycles. The van der Waals surface area contributed by atoms with Gasteiger partial charge in [-0.05, 0) is 103 Å². The number of nitrogens with zero attached hydrogens (tertiary/aromatic N) is 1. The van der Waals surface area contributed by atoms with Crippen LogP contribution in [0, 0.1) is 0 Å². The molecular weight excluding hydrogens is 711 g/mol. The summed E-state index contributed by atoms with van der Waals surface area (Å²) in [4.78, 5) is 2.49. The molecule has 0 saturated heterocycles. The topological polar surface area (TPSA) is 3.24 Å². The summed E-state index contributed by atoms with van der Waals surface area (Å²) in [5.74, 6) is 0. The molecule has 11 rings (SSSR count). The normalized spacial score (nSPS) is 13.9. The van der Waals surface area contributed by atoms with Crippen molar-refractivity contribution in [3.8, 4) is 44.5 Å². The molecular formula is C58H43N. The van der Waals surface area contributed by atoms with Crippen molar-refractivity contribution in [1.29, 1.82) is 0 Å². The van der Waals surface area contributed by atoms with Crippen LogP contribution in [0.4, 0.5) is 17.1 Å². The zero-order valence-electron chi connectivity index (χ0n) is 33.3. The lowest BCUT2D eigenvalue weighted by atomic mass is 9.68. The second kappa shape index (κ2) is 13.7. The number of hydrogen-bond donors (Lipinski definition) is 0. The number of anilines is 3. The predicted octanol–water partition coefficient (Wildman–Crippen LogP) is 15.2. The standard InChI is InChI=1S/C58H43N/c1-57(2)52-27-15-12-25-48(52)50-36-34-46(39-55(50)57)59(56-29-17-14-24-47(56)42-32-30-41(31-33-42)40-18-6-3-7-19-40)45-35-37-54-51(38-45)49-26-13-16-28-53(49)58(54,43-20-8-4-9-21-43)44-22-10-5-11-23-44/h3-39H,1-2H3. The Balaban J connectivity index is 1.14. The highest BCUT2D eigenvalue weighted by molar-refractivity contribution is 5.94. The van der Waals surface area contributed by atoms with Crippen LogP contribution in [0.1, 0.15) is 47.2 Å². The summed E-state index contributed by atoms with van der Waals surface area (Å²) in [6.45, 7) is 4.74. The van der Waals surface area contributed by atoms with Gasteiger partial charge in [-0.2, -0.15) is 0 Å².